The molecule has 0 heterocycles. The third kappa shape index (κ3) is 3.32. The molecule has 0 unspecified atom stereocenters. The van der Waals surface area contributed by atoms with E-state index >= 15 is 0 Å². The van der Waals surface area contributed by atoms with Crippen molar-refractivity contribution in [2.75, 3.05) is 12.4 Å². The van der Waals surface area contributed by atoms with E-state index in [9.17, 15) is 9.59 Å². The summed E-state index contributed by atoms with van der Waals surface area (Å²) in [4.78, 5) is 22.6. The minimum Gasteiger partial charge on any atom is -0.465 e. The summed E-state index contributed by atoms with van der Waals surface area (Å²) in [6, 6.07) is 4.88. The molecule has 0 saturated carbocycles. The predicted octanol–water partition coefficient (Wildman–Crippen LogP) is 2.63. The lowest BCUT2D eigenvalue weighted by Gasteiger charge is -2.05. The van der Waals surface area contributed by atoms with Gasteiger partial charge in [0.1, 0.15) is 5.78 Å². The van der Waals surface area contributed by atoms with Crippen molar-refractivity contribution in [3.8, 4) is 0 Å². The second-order valence-corrected chi connectivity index (χ2v) is 4.12. The van der Waals surface area contributed by atoms with E-state index in [-0.39, 0.29) is 17.8 Å². The van der Waals surface area contributed by atoms with Gasteiger partial charge in [0.05, 0.1) is 23.0 Å². The fourth-order valence-electron chi connectivity index (χ4n) is 1.22. The molecule has 0 fully saturated rings. The van der Waals surface area contributed by atoms with Gasteiger partial charge in [-0.25, -0.2) is 4.79 Å². The molecular weight excluding hydrogens is 295 g/mol. The summed E-state index contributed by atoms with van der Waals surface area (Å²) < 4.78 is 4.59. The second-order valence-electron chi connectivity index (χ2n) is 3.15. The van der Waals surface area contributed by atoms with Crippen molar-refractivity contribution < 1.29 is 14.3 Å². The maximum absolute atomic E-state index is 11.3. The first-order valence-corrected chi connectivity index (χ1v) is 6.02. The molecular formula is C11H10BrClO3. The van der Waals surface area contributed by atoms with Crippen LogP contribution >= 0.6 is 27.5 Å². The Balaban J connectivity index is 2.98. The fourth-order valence-corrected chi connectivity index (χ4v) is 1.62. The number of rotatable bonds is 4. The predicted molar refractivity (Wildman–Crippen MR) is 65.3 cm³/mol. The minimum absolute atomic E-state index is 0.0399. The summed E-state index contributed by atoms with van der Waals surface area (Å²) in [5.41, 5.74) is 1.03. The van der Waals surface area contributed by atoms with E-state index in [0.717, 1.165) is 5.56 Å². The van der Waals surface area contributed by atoms with Gasteiger partial charge in [0, 0.05) is 6.42 Å². The Morgan fingerprint density at radius 2 is 2.12 bits per heavy atom. The molecule has 0 aliphatic rings. The molecule has 0 N–H and O–H groups in total. The van der Waals surface area contributed by atoms with Crippen molar-refractivity contribution in [3.05, 3.63) is 34.3 Å². The number of carbonyl (C=O) groups is 2. The maximum atomic E-state index is 11.3. The second kappa shape index (κ2) is 6.01. The van der Waals surface area contributed by atoms with Gasteiger partial charge in [0.2, 0.25) is 0 Å². The van der Waals surface area contributed by atoms with E-state index in [4.69, 9.17) is 11.6 Å². The molecule has 0 aromatic heterocycles. The number of hydrogen-bond acceptors (Lipinski definition) is 3. The van der Waals surface area contributed by atoms with Crippen LogP contribution < -0.4 is 0 Å². The summed E-state index contributed by atoms with van der Waals surface area (Å²) >= 11 is 8.93. The lowest BCUT2D eigenvalue weighted by atomic mass is 10.1. The number of hydrogen-bond donors (Lipinski definition) is 0. The number of ketones is 1. The molecule has 0 saturated heterocycles. The zero-order valence-corrected chi connectivity index (χ0v) is 11.0. The SMILES string of the molecule is COC(=O)c1cc(CC(=O)CBr)ccc1Cl. The van der Waals surface area contributed by atoms with Crippen molar-refractivity contribution in [1.82, 2.24) is 0 Å². The highest BCUT2D eigenvalue weighted by atomic mass is 79.9. The van der Waals surface area contributed by atoms with Crippen LogP contribution in [0, 0.1) is 0 Å². The first kappa shape index (κ1) is 13.2. The third-order valence-corrected chi connectivity index (χ3v) is 2.94. The van der Waals surface area contributed by atoms with E-state index in [1.807, 2.05) is 0 Å². The molecule has 0 amide bonds. The van der Waals surface area contributed by atoms with E-state index in [1.165, 1.54) is 7.11 Å². The Morgan fingerprint density at radius 3 is 2.69 bits per heavy atom. The summed E-state index contributed by atoms with van der Waals surface area (Å²) in [6.07, 6.45) is 0.270. The molecule has 0 spiro atoms. The average molecular weight is 306 g/mol. The highest BCUT2D eigenvalue weighted by Crippen LogP contribution is 2.19. The van der Waals surface area contributed by atoms with Crippen LogP contribution in [0.5, 0.6) is 0 Å². The molecule has 0 bridgehead atoms. The molecule has 0 aliphatic heterocycles. The Labute approximate surface area is 107 Å². The topological polar surface area (TPSA) is 43.4 Å². The Kier molecular flexibility index (Phi) is 4.96. The number of benzene rings is 1. The molecule has 5 heteroatoms. The zero-order valence-electron chi connectivity index (χ0n) is 8.63. The van der Waals surface area contributed by atoms with Gasteiger partial charge >= 0.3 is 5.97 Å². The molecule has 1 aromatic carbocycles. The monoisotopic (exact) mass is 304 g/mol. The van der Waals surface area contributed by atoms with Gasteiger partial charge < -0.3 is 4.74 Å². The summed E-state index contributed by atoms with van der Waals surface area (Å²) in [5, 5.41) is 0.616. The normalized spacial score (nSPS) is 9.94. The summed E-state index contributed by atoms with van der Waals surface area (Å²) in [5.74, 6) is -0.462. The van der Waals surface area contributed by atoms with Crippen LogP contribution in [-0.2, 0) is 16.0 Å². The van der Waals surface area contributed by atoms with E-state index in [2.05, 4.69) is 20.7 Å². The van der Waals surface area contributed by atoms with Crippen molar-refractivity contribution in [2.45, 2.75) is 6.42 Å². The van der Waals surface area contributed by atoms with Crippen molar-refractivity contribution in [1.29, 1.82) is 0 Å². The van der Waals surface area contributed by atoms with Gasteiger partial charge in [0.25, 0.3) is 0 Å². The van der Waals surface area contributed by atoms with Gasteiger partial charge in [-0.15, -0.1) is 0 Å². The van der Waals surface area contributed by atoms with E-state index in [1.54, 1.807) is 18.2 Å². The van der Waals surface area contributed by atoms with Gasteiger partial charge in [-0.1, -0.05) is 33.6 Å². The standard InChI is InChI=1S/C11H10BrClO3/c1-16-11(15)9-5-7(2-3-10(9)13)4-8(14)6-12/h2-3,5H,4,6H2,1H3. The molecule has 0 aliphatic carbocycles. The average Bonchev–Trinajstić information content (AvgIpc) is 2.30. The van der Waals surface area contributed by atoms with Crippen molar-refractivity contribution >= 4 is 39.3 Å². The van der Waals surface area contributed by atoms with Crippen LogP contribution in [0.2, 0.25) is 5.02 Å². The third-order valence-electron chi connectivity index (χ3n) is 1.99. The lowest BCUT2D eigenvalue weighted by molar-refractivity contribution is -0.115. The van der Waals surface area contributed by atoms with Gasteiger partial charge in [0.15, 0.2) is 0 Å². The van der Waals surface area contributed by atoms with E-state index in [0.29, 0.717) is 10.4 Å². The summed E-state index contributed by atoms with van der Waals surface area (Å²) in [6.45, 7) is 0. The van der Waals surface area contributed by atoms with Gasteiger partial charge in [-0.2, -0.15) is 0 Å². The zero-order chi connectivity index (χ0) is 12.1. The quantitative estimate of drug-likeness (QED) is 0.634. The first-order valence-electron chi connectivity index (χ1n) is 4.53. The highest BCUT2D eigenvalue weighted by molar-refractivity contribution is 9.09. The minimum atomic E-state index is -0.502. The molecule has 3 nitrogen and oxygen atoms in total. The lowest BCUT2D eigenvalue weighted by Crippen LogP contribution is -2.07. The summed E-state index contributed by atoms with van der Waals surface area (Å²) in [7, 11) is 1.29. The number of carbonyl (C=O) groups excluding carboxylic acids is 2. The van der Waals surface area contributed by atoms with Crippen LogP contribution in [0.15, 0.2) is 18.2 Å². The van der Waals surface area contributed by atoms with Crippen molar-refractivity contribution in [2.24, 2.45) is 0 Å². The number of ether oxygens (including phenoxy) is 1. The number of Topliss-reactive ketones (excluding diaryl/α,β-unsaturated/α-hetero) is 1. The van der Waals surface area contributed by atoms with Gasteiger partial charge in [-0.05, 0) is 17.7 Å². The van der Waals surface area contributed by atoms with Crippen molar-refractivity contribution in [3.63, 3.8) is 0 Å². The first-order chi connectivity index (χ1) is 7.58. The molecule has 0 radical (unpaired) electrons. The number of esters is 1. The van der Waals surface area contributed by atoms with Crippen LogP contribution in [0.1, 0.15) is 15.9 Å². The van der Waals surface area contributed by atoms with Crippen LogP contribution in [0.25, 0.3) is 0 Å². The maximum Gasteiger partial charge on any atom is 0.339 e. The molecule has 16 heavy (non-hydrogen) atoms. The van der Waals surface area contributed by atoms with Crippen LogP contribution in [-0.4, -0.2) is 24.2 Å². The number of alkyl halides is 1. The Hall–Kier alpha value is -0.870. The Bertz CT molecular complexity index is 418. The Morgan fingerprint density at radius 1 is 1.44 bits per heavy atom. The molecule has 1 aromatic rings. The highest BCUT2D eigenvalue weighted by Gasteiger charge is 2.12. The molecule has 0 atom stereocenters. The number of halogens is 2. The fraction of sp³-hybridized carbons (Fsp3) is 0.273. The van der Waals surface area contributed by atoms with Crippen LogP contribution in [0.4, 0.5) is 0 Å². The smallest absolute Gasteiger partial charge is 0.339 e. The van der Waals surface area contributed by atoms with E-state index < -0.39 is 5.97 Å². The molecule has 1 rings (SSSR count). The van der Waals surface area contributed by atoms with Gasteiger partial charge in [-0.3, -0.25) is 4.79 Å². The number of methoxy groups -OCH3 is 1. The molecule has 86 valence electrons. The largest absolute Gasteiger partial charge is 0.465 e. The van der Waals surface area contributed by atoms with Crippen LogP contribution in [0.3, 0.4) is 0 Å².